The van der Waals surface area contributed by atoms with E-state index in [0.29, 0.717) is 12.0 Å². The molecule has 2 unspecified atom stereocenters. The highest BCUT2D eigenvalue weighted by molar-refractivity contribution is 6.22. The summed E-state index contributed by atoms with van der Waals surface area (Å²) in [6.07, 6.45) is 16.1. The van der Waals surface area contributed by atoms with E-state index in [1.165, 1.54) is 0 Å². The summed E-state index contributed by atoms with van der Waals surface area (Å²) in [6.45, 7) is 2.00. The van der Waals surface area contributed by atoms with Crippen LogP contribution < -0.4 is 11.1 Å². The molecule has 2 atom stereocenters. The molecule has 4 nitrogen and oxygen atoms in total. The lowest BCUT2D eigenvalue weighted by atomic mass is 9.93. The fourth-order valence-electron chi connectivity index (χ4n) is 2.62. The number of nitrogens with one attached hydrogen (secondary N) is 1. The Morgan fingerprint density at radius 1 is 1.50 bits per heavy atom. The first-order valence-corrected chi connectivity index (χ1v) is 7.16. The van der Waals surface area contributed by atoms with Crippen LogP contribution in [0, 0.1) is 5.92 Å². The number of aliphatic imine (C=N–C) groups is 2. The first-order valence-electron chi connectivity index (χ1n) is 7.16. The van der Waals surface area contributed by atoms with Gasteiger partial charge in [0.15, 0.2) is 0 Å². The predicted molar refractivity (Wildman–Crippen MR) is 83.9 cm³/mol. The van der Waals surface area contributed by atoms with Crippen LogP contribution in [0.15, 0.2) is 57.8 Å². The van der Waals surface area contributed by atoms with Gasteiger partial charge in [-0.2, -0.15) is 0 Å². The van der Waals surface area contributed by atoms with Crippen molar-refractivity contribution in [3.63, 3.8) is 0 Å². The van der Waals surface area contributed by atoms with Gasteiger partial charge in [-0.15, -0.1) is 0 Å². The number of fused-ring (bicyclic) bond motifs is 1. The molecule has 1 aliphatic carbocycles. The minimum Gasteiger partial charge on any atom is -0.404 e. The molecule has 3 rings (SSSR count). The van der Waals surface area contributed by atoms with Crippen molar-refractivity contribution in [1.82, 2.24) is 5.32 Å². The summed E-state index contributed by atoms with van der Waals surface area (Å²) < 4.78 is 0. The van der Waals surface area contributed by atoms with Crippen LogP contribution in [0.5, 0.6) is 0 Å². The molecule has 0 aromatic heterocycles. The monoisotopic (exact) mass is 268 g/mol. The van der Waals surface area contributed by atoms with Crippen LogP contribution in [0.25, 0.3) is 0 Å². The molecule has 4 heteroatoms. The number of dihydropyridines is 1. The van der Waals surface area contributed by atoms with Crippen molar-refractivity contribution >= 4 is 11.9 Å². The van der Waals surface area contributed by atoms with E-state index in [1.54, 1.807) is 6.20 Å². The van der Waals surface area contributed by atoms with Gasteiger partial charge in [0.1, 0.15) is 0 Å². The first kappa shape index (κ1) is 13.1. The van der Waals surface area contributed by atoms with Gasteiger partial charge in [0, 0.05) is 36.1 Å². The molecule has 0 amide bonds. The molecule has 0 saturated carbocycles. The number of nitrogens with two attached hydrogens (primary N) is 1. The summed E-state index contributed by atoms with van der Waals surface area (Å²) >= 11 is 0. The first-order chi connectivity index (χ1) is 9.86. The Kier molecular flexibility index (Phi) is 3.92. The molecule has 3 aliphatic rings. The van der Waals surface area contributed by atoms with Crippen molar-refractivity contribution in [2.75, 3.05) is 13.1 Å². The van der Waals surface area contributed by atoms with Gasteiger partial charge in [-0.25, -0.2) is 0 Å². The number of nitrogens with zero attached hydrogens (tertiary/aromatic N) is 2. The van der Waals surface area contributed by atoms with Crippen molar-refractivity contribution in [3.05, 3.63) is 47.9 Å². The quantitative estimate of drug-likeness (QED) is 0.766. The van der Waals surface area contributed by atoms with E-state index >= 15 is 0 Å². The van der Waals surface area contributed by atoms with Gasteiger partial charge in [0.2, 0.25) is 0 Å². The number of hydrogen-bond acceptors (Lipinski definition) is 4. The largest absolute Gasteiger partial charge is 0.404 e. The molecule has 20 heavy (non-hydrogen) atoms. The SMILES string of the molecule is NC=C(C=NC1CCNC1)C1=NC2=CC=CCC2C=C1. The predicted octanol–water partition coefficient (Wildman–Crippen LogP) is 1.73. The van der Waals surface area contributed by atoms with Crippen LogP contribution in [0.4, 0.5) is 0 Å². The fraction of sp³-hybridized carbons (Fsp3) is 0.375. The molecule has 0 bridgehead atoms. The third-order valence-corrected chi connectivity index (χ3v) is 3.84. The molecular formula is C16H20N4. The van der Waals surface area contributed by atoms with Gasteiger partial charge in [0.25, 0.3) is 0 Å². The second-order valence-electron chi connectivity index (χ2n) is 5.26. The van der Waals surface area contributed by atoms with E-state index < -0.39 is 0 Å². The van der Waals surface area contributed by atoms with E-state index in [0.717, 1.165) is 42.9 Å². The summed E-state index contributed by atoms with van der Waals surface area (Å²) in [5, 5.41) is 3.31. The molecule has 0 spiro atoms. The highest BCUT2D eigenvalue weighted by Gasteiger charge is 2.18. The van der Waals surface area contributed by atoms with E-state index in [2.05, 4.69) is 40.7 Å². The van der Waals surface area contributed by atoms with Crippen molar-refractivity contribution < 1.29 is 0 Å². The summed E-state index contributed by atoms with van der Waals surface area (Å²) in [7, 11) is 0. The van der Waals surface area contributed by atoms with E-state index in [4.69, 9.17) is 10.7 Å². The number of hydrogen-bond donors (Lipinski definition) is 2. The smallest absolute Gasteiger partial charge is 0.0732 e. The highest BCUT2D eigenvalue weighted by atomic mass is 15.0. The zero-order chi connectivity index (χ0) is 13.8. The topological polar surface area (TPSA) is 62.8 Å². The zero-order valence-electron chi connectivity index (χ0n) is 11.5. The summed E-state index contributed by atoms with van der Waals surface area (Å²) in [5.74, 6) is 0.416. The normalized spacial score (nSPS) is 29.5. The molecular weight excluding hydrogens is 248 g/mol. The van der Waals surface area contributed by atoms with E-state index in [1.807, 2.05) is 6.21 Å². The molecule has 2 aliphatic heterocycles. The van der Waals surface area contributed by atoms with Crippen LogP contribution in [0.3, 0.4) is 0 Å². The lowest BCUT2D eigenvalue weighted by molar-refractivity contribution is 0.746. The standard InChI is InChI=1S/C16H20N4/c17-9-13(10-19-14-7-8-18-11-14)16-6-5-12-3-1-2-4-15(12)20-16/h1-2,4-6,9-10,12,14,18H,3,7-8,11,17H2. The molecule has 1 saturated heterocycles. The second kappa shape index (κ2) is 6.01. The lowest BCUT2D eigenvalue weighted by Crippen LogP contribution is -2.15. The maximum absolute atomic E-state index is 5.74. The summed E-state index contributed by atoms with van der Waals surface area (Å²) in [4.78, 5) is 9.29. The fourth-order valence-corrected chi connectivity index (χ4v) is 2.62. The van der Waals surface area contributed by atoms with Crippen LogP contribution in [0.2, 0.25) is 0 Å². The Balaban J connectivity index is 1.76. The van der Waals surface area contributed by atoms with E-state index in [9.17, 15) is 0 Å². The highest BCUT2D eigenvalue weighted by Crippen LogP contribution is 2.27. The number of allylic oxidation sites excluding steroid dienone is 6. The van der Waals surface area contributed by atoms with Gasteiger partial charge in [-0.3, -0.25) is 9.98 Å². The molecule has 0 aromatic carbocycles. The van der Waals surface area contributed by atoms with Gasteiger partial charge < -0.3 is 11.1 Å². The molecule has 1 fully saturated rings. The van der Waals surface area contributed by atoms with Gasteiger partial charge in [0.05, 0.1) is 11.8 Å². The zero-order valence-corrected chi connectivity index (χ0v) is 11.5. The third-order valence-electron chi connectivity index (χ3n) is 3.84. The maximum Gasteiger partial charge on any atom is 0.0732 e. The van der Waals surface area contributed by atoms with Crippen molar-refractivity contribution in [3.8, 4) is 0 Å². The molecule has 104 valence electrons. The average molecular weight is 268 g/mol. The lowest BCUT2D eigenvalue weighted by Gasteiger charge is -2.19. The second-order valence-corrected chi connectivity index (χ2v) is 5.26. The van der Waals surface area contributed by atoms with Crippen LogP contribution in [0.1, 0.15) is 12.8 Å². The van der Waals surface area contributed by atoms with Gasteiger partial charge in [-0.05, 0) is 31.5 Å². The van der Waals surface area contributed by atoms with Gasteiger partial charge in [-0.1, -0.05) is 18.2 Å². The third kappa shape index (κ3) is 2.80. The average Bonchev–Trinajstić information content (AvgIpc) is 3.01. The van der Waals surface area contributed by atoms with Crippen LogP contribution in [-0.4, -0.2) is 31.1 Å². The number of rotatable bonds is 3. The van der Waals surface area contributed by atoms with Crippen LogP contribution >= 0.6 is 0 Å². The Labute approximate surface area is 119 Å². The van der Waals surface area contributed by atoms with E-state index in [-0.39, 0.29) is 0 Å². The Bertz CT molecular complexity index is 543. The van der Waals surface area contributed by atoms with Crippen molar-refractivity contribution in [2.45, 2.75) is 18.9 Å². The van der Waals surface area contributed by atoms with Crippen molar-refractivity contribution in [2.24, 2.45) is 21.6 Å². The maximum atomic E-state index is 5.74. The van der Waals surface area contributed by atoms with Gasteiger partial charge >= 0.3 is 0 Å². The molecule has 0 aromatic rings. The Hall–Kier alpha value is -1.94. The van der Waals surface area contributed by atoms with Crippen molar-refractivity contribution in [1.29, 1.82) is 0 Å². The Morgan fingerprint density at radius 3 is 3.25 bits per heavy atom. The molecule has 0 radical (unpaired) electrons. The Morgan fingerprint density at radius 2 is 2.45 bits per heavy atom. The molecule has 3 N–H and O–H groups in total. The molecule has 2 heterocycles. The van der Waals surface area contributed by atoms with Crippen LogP contribution in [-0.2, 0) is 0 Å². The minimum atomic E-state index is 0.364. The summed E-state index contributed by atoms with van der Waals surface area (Å²) in [5.41, 5.74) is 8.64. The summed E-state index contributed by atoms with van der Waals surface area (Å²) in [6, 6.07) is 0.364. The minimum absolute atomic E-state index is 0.364.